The number of nitrogens with zero attached hydrogens (tertiary/aromatic N) is 2. The van der Waals surface area contributed by atoms with Crippen molar-refractivity contribution in [3.05, 3.63) is 60.2 Å². The SMILES string of the molecule is CN1C(=O)C(NC(=O)OC(C)(C)C)CN(C(=O)c2ccccc2)c2ccccc21. The van der Waals surface area contributed by atoms with E-state index < -0.39 is 17.7 Å². The molecule has 1 heterocycles. The second-order valence-corrected chi connectivity index (χ2v) is 7.87. The Morgan fingerprint density at radius 3 is 2.21 bits per heavy atom. The van der Waals surface area contributed by atoms with Crippen molar-refractivity contribution >= 4 is 29.3 Å². The third-order valence-electron chi connectivity index (χ3n) is 4.48. The normalized spacial score (nSPS) is 16.7. The fourth-order valence-corrected chi connectivity index (χ4v) is 3.17. The molecule has 1 aliphatic rings. The summed E-state index contributed by atoms with van der Waals surface area (Å²) in [5.41, 5.74) is 0.989. The molecule has 2 aromatic rings. The molecule has 0 bridgehead atoms. The molecule has 29 heavy (non-hydrogen) atoms. The molecule has 0 spiro atoms. The van der Waals surface area contributed by atoms with Gasteiger partial charge >= 0.3 is 6.09 Å². The number of fused-ring (bicyclic) bond motifs is 1. The average Bonchev–Trinajstić information content (AvgIpc) is 2.77. The zero-order valence-electron chi connectivity index (χ0n) is 17.0. The van der Waals surface area contributed by atoms with E-state index >= 15 is 0 Å². The van der Waals surface area contributed by atoms with Gasteiger partial charge in [-0.2, -0.15) is 0 Å². The third-order valence-corrected chi connectivity index (χ3v) is 4.48. The number of alkyl carbamates (subject to hydrolysis) is 1. The van der Waals surface area contributed by atoms with Gasteiger partial charge in [0.05, 0.1) is 17.9 Å². The first-order chi connectivity index (χ1) is 13.7. The predicted octanol–water partition coefficient (Wildman–Crippen LogP) is 3.20. The molecule has 0 fully saturated rings. The lowest BCUT2D eigenvalue weighted by molar-refractivity contribution is -0.120. The number of amides is 3. The summed E-state index contributed by atoms with van der Waals surface area (Å²) < 4.78 is 5.30. The van der Waals surface area contributed by atoms with Crippen LogP contribution in [0.4, 0.5) is 16.2 Å². The number of likely N-dealkylation sites (N-methyl/N-ethyl adjacent to an activating group) is 1. The number of ether oxygens (including phenoxy) is 1. The van der Waals surface area contributed by atoms with Crippen molar-refractivity contribution in [1.29, 1.82) is 0 Å². The minimum absolute atomic E-state index is 0.00679. The number of hydrogen-bond donors (Lipinski definition) is 1. The van der Waals surface area contributed by atoms with E-state index in [4.69, 9.17) is 4.74 Å². The lowest BCUT2D eigenvalue weighted by Gasteiger charge is -2.26. The van der Waals surface area contributed by atoms with Crippen molar-refractivity contribution in [3.8, 4) is 0 Å². The van der Waals surface area contributed by atoms with Crippen LogP contribution in [-0.4, -0.2) is 43.1 Å². The molecule has 1 N–H and O–H groups in total. The Bertz CT molecular complexity index is 921. The summed E-state index contributed by atoms with van der Waals surface area (Å²) in [6, 6.07) is 15.1. The van der Waals surface area contributed by atoms with E-state index in [0.717, 1.165) is 0 Å². The molecule has 3 amide bonds. The highest BCUT2D eigenvalue weighted by Crippen LogP contribution is 2.32. The number of rotatable bonds is 2. The summed E-state index contributed by atoms with van der Waals surface area (Å²) in [5.74, 6) is -0.580. The van der Waals surface area contributed by atoms with Gasteiger partial charge in [-0.05, 0) is 45.0 Å². The molecule has 0 saturated heterocycles. The minimum Gasteiger partial charge on any atom is -0.444 e. The summed E-state index contributed by atoms with van der Waals surface area (Å²) in [4.78, 5) is 41.6. The Hall–Kier alpha value is -3.35. The Morgan fingerprint density at radius 1 is 1.00 bits per heavy atom. The standard InChI is InChI=1S/C22H25N3O4/c1-22(2,3)29-21(28)23-16-14-25(19(26)15-10-6-5-7-11-15)18-13-9-8-12-17(18)24(4)20(16)27/h5-13,16H,14H2,1-4H3,(H,23,28). The van der Waals surface area contributed by atoms with Crippen LogP contribution in [0.2, 0.25) is 0 Å². The number of anilines is 2. The average molecular weight is 395 g/mol. The van der Waals surface area contributed by atoms with E-state index in [1.54, 1.807) is 70.3 Å². The van der Waals surface area contributed by atoms with Crippen LogP contribution in [0, 0.1) is 0 Å². The first kappa shape index (κ1) is 20.4. The molecule has 2 aromatic carbocycles. The maximum Gasteiger partial charge on any atom is 0.408 e. The summed E-state index contributed by atoms with van der Waals surface area (Å²) in [5, 5.41) is 2.62. The minimum atomic E-state index is -0.949. The molecule has 7 nitrogen and oxygen atoms in total. The van der Waals surface area contributed by atoms with Crippen LogP contribution in [0.1, 0.15) is 31.1 Å². The van der Waals surface area contributed by atoms with E-state index in [2.05, 4.69) is 5.32 Å². The largest absolute Gasteiger partial charge is 0.444 e. The summed E-state index contributed by atoms with van der Waals surface area (Å²) in [7, 11) is 1.63. The zero-order valence-corrected chi connectivity index (χ0v) is 17.0. The fourth-order valence-electron chi connectivity index (χ4n) is 3.17. The quantitative estimate of drug-likeness (QED) is 0.847. The summed E-state index contributed by atoms with van der Waals surface area (Å²) >= 11 is 0. The van der Waals surface area contributed by atoms with Crippen molar-refractivity contribution in [2.45, 2.75) is 32.4 Å². The molecule has 3 rings (SSSR count). The monoisotopic (exact) mass is 395 g/mol. The van der Waals surface area contributed by atoms with Gasteiger partial charge < -0.3 is 19.9 Å². The summed E-state index contributed by atoms with van der Waals surface area (Å²) in [6.45, 7) is 5.23. The van der Waals surface area contributed by atoms with Gasteiger partial charge in [-0.15, -0.1) is 0 Å². The van der Waals surface area contributed by atoms with Crippen molar-refractivity contribution < 1.29 is 19.1 Å². The van der Waals surface area contributed by atoms with Gasteiger partial charge in [0.25, 0.3) is 11.8 Å². The number of hydrogen-bond acceptors (Lipinski definition) is 4. The fraction of sp³-hybridized carbons (Fsp3) is 0.318. The van der Waals surface area contributed by atoms with Crippen LogP contribution in [0.5, 0.6) is 0 Å². The molecule has 0 aliphatic carbocycles. The molecule has 1 atom stereocenters. The van der Waals surface area contributed by atoms with Gasteiger partial charge in [0.15, 0.2) is 0 Å². The van der Waals surface area contributed by atoms with Crippen LogP contribution in [0.15, 0.2) is 54.6 Å². The molecule has 152 valence electrons. The molecule has 1 unspecified atom stereocenters. The number of carbonyl (C=O) groups is 3. The van der Waals surface area contributed by atoms with Crippen molar-refractivity contribution in [2.24, 2.45) is 0 Å². The van der Waals surface area contributed by atoms with Gasteiger partial charge in [0, 0.05) is 12.6 Å². The lowest BCUT2D eigenvalue weighted by Crippen LogP contribution is -2.53. The molecule has 0 saturated carbocycles. The van der Waals surface area contributed by atoms with Crippen LogP contribution < -0.4 is 15.1 Å². The first-order valence-corrected chi connectivity index (χ1v) is 9.40. The number of carbonyl (C=O) groups excluding carboxylic acids is 3. The third kappa shape index (κ3) is 4.56. The smallest absolute Gasteiger partial charge is 0.408 e. The Morgan fingerprint density at radius 2 is 1.59 bits per heavy atom. The van der Waals surface area contributed by atoms with E-state index in [9.17, 15) is 14.4 Å². The Labute approximate surface area is 170 Å². The van der Waals surface area contributed by atoms with Gasteiger partial charge in [0.2, 0.25) is 0 Å². The van der Waals surface area contributed by atoms with Gasteiger partial charge in [0.1, 0.15) is 11.6 Å². The molecule has 1 aliphatic heterocycles. The van der Waals surface area contributed by atoms with Crippen LogP contribution in [0.25, 0.3) is 0 Å². The van der Waals surface area contributed by atoms with Crippen molar-refractivity contribution in [2.75, 3.05) is 23.4 Å². The second kappa shape index (κ2) is 7.95. The maximum absolute atomic E-state index is 13.2. The van der Waals surface area contributed by atoms with Gasteiger partial charge in [-0.1, -0.05) is 30.3 Å². The van der Waals surface area contributed by atoms with E-state index in [0.29, 0.717) is 16.9 Å². The topological polar surface area (TPSA) is 79.0 Å². The van der Waals surface area contributed by atoms with Crippen LogP contribution in [0.3, 0.4) is 0 Å². The number of nitrogens with one attached hydrogen (secondary N) is 1. The Kier molecular flexibility index (Phi) is 5.59. The van der Waals surface area contributed by atoms with E-state index in [1.807, 2.05) is 12.1 Å². The highest BCUT2D eigenvalue weighted by atomic mass is 16.6. The second-order valence-electron chi connectivity index (χ2n) is 7.87. The maximum atomic E-state index is 13.2. The molecule has 7 heteroatoms. The van der Waals surface area contributed by atoms with Crippen LogP contribution in [-0.2, 0) is 9.53 Å². The Balaban J connectivity index is 1.97. The molecular weight excluding hydrogens is 370 g/mol. The predicted molar refractivity (Wildman–Crippen MR) is 111 cm³/mol. The van der Waals surface area contributed by atoms with E-state index in [1.165, 1.54) is 9.80 Å². The number of para-hydroxylation sites is 2. The molecule has 0 aromatic heterocycles. The highest BCUT2D eigenvalue weighted by Gasteiger charge is 2.36. The number of benzene rings is 2. The van der Waals surface area contributed by atoms with Crippen molar-refractivity contribution in [1.82, 2.24) is 5.32 Å². The zero-order chi connectivity index (χ0) is 21.2. The van der Waals surface area contributed by atoms with Gasteiger partial charge in [-0.3, -0.25) is 9.59 Å². The summed E-state index contributed by atoms with van der Waals surface area (Å²) in [6.07, 6.45) is -0.706. The van der Waals surface area contributed by atoms with E-state index in [-0.39, 0.29) is 18.4 Å². The highest BCUT2D eigenvalue weighted by molar-refractivity contribution is 6.12. The molecular formula is C22H25N3O4. The molecule has 0 radical (unpaired) electrons. The first-order valence-electron chi connectivity index (χ1n) is 9.40. The lowest BCUT2D eigenvalue weighted by atomic mass is 10.1. The van der Waals surface area contributed by atoms with Crippen LogP contribution >= 0.6 is 0 Å². The van der Waals surface area contributed by atoms with Crippen molar-refractivity contribution in [3.63, 3.8) is 0 Å². The van der Waals surface area contributed by atoms with Gasteiger partial charge in [-0.25, -0.2) is 4.79 Å².